The molecule has 8 heteroatoms. The molecule has 1 heterocycles. The van der Waals surface area contributed by atoms with Gasteiger partial charge in [-0.2, -0.15) is 13.2 Å². The highest BCUT2D eigenvalue weighted by atomic mass is 19.4. The summed E-state index contributed by atoms with van der Waals surface area (Å²) in [5, 5.41) is 2.45. The van der Waals surface area contributed by atoms with Gasteiger partial charge in [0.25, 0.3) is 0 Å². The smallest absolute Gasteiger partial charge is 0.405 e. The molecule has 0 aliphatic heterocycles. The van der Waals surface area contributed by atoms with Gasteiger partial charge in [-0.25, -0.2) is 4.79 Å². The lowest BCUT2D eigenvalue weighted by atomic mass is 10.0. The van der Waals surface area contributed by atoms with Gasteiger partial charge in [0.1, 0.15) is 17.9 Å². The molecule has 2 aromatic rings. The van der Waals surface area contributed by atoms with Crippen LogP contribution in [-0.2, 0) is 11.2 Å². The molecule has 5 nitrogen and oxygen atoms in total. The molecule has 0 fully saturated rings. The monoisotopic (exact) mass is 343 g/mol. The third-order valence-electron chi connectivity index (χ3n) is 3.58. The van der Waals surface area contributed by atoms with Crippen LogP contribution >= 0.6 is 0 Å². The number of benzene rings is 1. The number of amides is 1. The molecule has 2 rings (SSSR count). The molecule has 1 N–H and O–H groups in total. The highest BCUT2D eigenvalue weighted by Crippen LogP contribution is 2.24. The summed E-state index contributed by atoms with van der Waals surface area (Å²) in [5.41, 5.74) is 0.640. The number of nitrogens with one attached hydrogen (secondary N) is 1. The number of alkyl halides is 3. The molecule has 0 aliphatic carbocycles. The Labute approximate surface area is 135 Å². The zero-order valence-corrected chi connectivity index (χ0v) is 13.1. The summed E-state index contributed by atoms with van der Waals surface area (Å²) in [5.74, 6) is -0.245. The maximum absolute atomic E-state index is 12.1. The standard InChI is InChI=1S/C16H16F3NO4/c1-9-11-4-3-10(23-2)7-13(11)24-15(22)12(9)5-6-14(21)20-8-16(17,18)19/h3-4,7H,5-6,8H2,1-2H3,(H,20,21). The highest BCUT2D eigenvalue weighted by Gasteiger charge is 2.27. The van der Waals surface area contributed by atoms with Crippen LogP contribution in [-0.4, -0.2) is 25.7 Å². The van der Waals surface area contributed by atoms with E-state index in [2.05, 4.69) is 0 Å². The zero-order valence-electron chi connectivity index (χ0n) is 13.1. The Morgan fingerprint density at radius 3 is 2.67 bits per heavy atom. The number of ether oxygens (including phenoxy) is 1. The van der Waals surface area contributed by atoms with E-state index >= 15 is 0 Å². The van der Waals surface area contributed by atoms with Crippen LogP contribution in [0.15, 0.2) is 27.4 Å². The summed E-state index contributed by atoms with van der Waals surface area (Å²) in [4.78, 5) is 23.5. The lowest BCUT2D eigenvalue weighted by molar-refractivity contribution is -0.138. The Kier molecular flexibility index (Phi) is 5.16. The summed E-state index contributed by atoms with van der Waals surface area (Å²) in [6, 6.07) is 5.00. The first-order valence-electron chi connectivity index (χ1n) is 7.15. The minimum Gasteiger partial charge on any atom is -0.497 e. The predicted molar refractivity (Wildman–Crippen MR) is 81.2 cm³/mol. The van der Waals surface area contributed by atoms with Crippen LogP contribution in [0.25, 0.3) is 11.0 Å². The van der Waals surface area contributed by atoms with Crippen LogP contribution in [0.4, 0.5) is 13.2 Å². The Hall–Kier alpha value is -2.51. The van der Waals surface area contributed by atoms with E-state index in [0.29, 0.717) is 22.3 Å². The van der Waals surface area contributed by atoms with Crippen molar-refractivity contribution < 1.29 is 27.1 Å². The van der Waals surface area contributed by atoms with Crippen molar-refractivity contribution in [2.24, 2.45) is 0 Å². The molecule has 0 saturated heterocycles. The van der Waals surface area contributed by atoms with Gasteiger partial charge in [-0.3, -0.25) is 4.79 Å². The number of methoxy groups -OCH3 is 1. The van der Waals surface area contributed by atoms with E-state index in [1.807, 2.05) is 0 Å². The van der Waals surface area contributed by atoms with E-state index in [-0.39, 0.29) is 18.4 Å². The van der Waals surface area contributed by atoms with Gasteiger partial charge in [-0.1, -0.05) is 0 Å². The van der Waals surface area contributed by atoms with E-state index in [1.54, 1.807) is 30.4 Å². The van der Waals surface area contributed by atoms with Crippen LogP contribution in [0, 0.1) is 6.92 Å². The Morgan fingerprint density at radius 1 is 1.33 bits per heavy atom. The minimum absolute atomic E-state index is 0.000172. The van der Waals surface area contributed by atoms with Gasteiger partial charge in [-0.15, -0.1) is 0 Å². The second kappa shape index (κ2) is 6.94. The highest BCUT2D eigenvalue weighted by molar-refractivity contribution is 5.82. The van der Waals surface area contributed by atoms with Crippen LogP contribution in [0.1, 0.15) is 17.5 Å². The van der Waals surface area contributed by atoms with Gasteiger partial charge in [-0.05, 0) is 31.0 Å². The summed E-state index contributed by atoms with van der Waals surface area (Å²) in [7, 11) is 1.49. The molecule has 0 atom stereocenters. The SMILES string of the molecule is COc1ccc2c(C)c(CCC(=O)NCC(F)(F)F)c(=O)oc2c1. The van der Waals surface area contributed by atoms with E-state index < -0.39 is 24.3 Å². The van der Waals surface area contributed by atoms with Crippen LogP contribution in [0.2, 0.25) is 0 Å². The third-order valence-corrected chi connectivity index (χ3v) is 3.58. The number of rotatable bonds is 5. The van der Waals surface area contributed by atoms with Crippen molar-refractivity contribution in [1.82, 2.24) is 5.32 Å². The maximum atomic E-state index is 12.1. The van der Waals surface area contributed by atoms with Crippen LogP contribution < -0.4 is 15.7 Å². The normalized spacial score (nSPS) is 11.5. The molecule has 24 heavy (non-hydrogen) atoms. The summed E-state index contributed by atoms with van der Waals surface area (Å²) in [6.07, 6.45) is -4.70. The third kappa shape index (κ3) is 4.27. The van der Waals surface area contributed by atoms with Gasteiger partial charge < -0.3 is 14.5 Å². The van der Waals surface area contributed by atoms with Crippen molar-refractivity contribution in [2.45, 2.75) is 25.9 Å². The molecule has 0 spiro atoms. The van der Waals surface area contributed by atoms with Crippen molar-refractivity contribution in [3.05, 3.63) is 39.7 Å². The first-order chi connectivity index (χ1) is 11.2. The van der Waals surface area contributed by atoms with E-state index in [9.17, 15) is 22.8 Å². The second-order valence-corrected chi connectivity index (χ2v) is 5.25. The van der Waals surface area contributed by atoms with Crippen molar-refractivity contribution in [2.75, 3.05) is 13.7 Å². The lowest BCUT2D eigenvalue weighted by Gasteiger charge is -2.10. The molecule has 0 aliphatic rings. The van der Waals surface area contributed by atoms with Gasteiger partial charge in [0.2, 0.25) is 5.91 Å². The van der Waals surface area contributed by atoms with Gasteiger partial charge in [0, 0.05) is 23.4 Å². The van der Waals surface area contributed by atoms with Crippen molar-refractivity contribution >= 4 is 16.9 Å². The minimum atomic E-state index is -4.47. The first-order valence-corrected chi connectivity index (χ1v) is 7.15. The molecular formula is C16H16F3NO4. The van der Waals surface area contributed by atoms with Crippen molar-refractivity contribution in [3.8, 4) is 5.75 Å². The quantitative estimate of drug-likeness (QED) is 0.848. The molecule has 1 aromatic carbocycles. The average Bonchev–Trinajstić information content (AvgIpc) is 2.51. The largest absolute Gasteiger partial charge is 0.497 e. The maximum Gasteiger partial charge on any atom is 0.405 e. The number of carbonyl (C=O) groups excluding carboxylic acids is 1. The fraction of sp³-hybridized carbons (Fsp3) is 0.375. The second-order valence-electron chi connectivity index (χ2n) is 5.25. The Balaban J connectivity index is 2.18. The van der Waals surface area contributed by atoms with Gasteiger partial charge in [0.15, 0.2) is 0 Å². The molecule has 1 aromatic heterocycles. The first kappa shape index (κ1) is 17.8. The number of hydrogen-bond donors (Lipinski definition) is 1. The average molecular weight is 343 g/mol. The summed E-state index contributed by atoms with van der Waals surface area (Å²) >= 11 is 0. The number of hydrogen-bond acceptors (Lipinski definition) is 4. The number of fused-ring (bicyclic) bond motifs is 1. The molecular weight excluding hydrogens is 327 g/mol. The van der Waals surface area contributed by atoms with E-state index in [1.165, 1.54) is 7.11 Å². The number of aryl methyl sites for hydroxylation is 1. The lowest BCUT2D eigenvalue weighted by Crippen LogP contribution is -2.34. The van der Waals surface area contributed by atoms with Crippen molar-refractivity contribution in [1.29, 1.82) is 0 Å². The molecule has 1 amide bonds. The Morgan fingerprint density at radius 2 is 2.04 bits per heavy atom. The topological polar surface area (TPSA) is 68.5 Å². The fourth-order valence-corrected chi connectivity index (χ4v) is 2.32. The molecule has 0 unspecified atom stereocenters. The van der Waals surface area contributed by atoms with Crippen LogP contribution in [0.5, 0.6) is 5.75 Å². The number of halogens is 3. The predicted octanol–water partition coefficient (Wildman–Crippen LogP) is 2.72. The Bertz CT molecular complexity index is 811. The number of carbonyl (C=O) groups is 1. The summed E-state index contributed by atoms with van der Waals surface area (Å²) in [6.45, 7) is 0.311. The fourth-order valence-electron chi connectivity index (χ4n) is 2.32. The van der Waals surface area contributed by atoms with Gasteiger partial charge >= 0.3 is 11.8 Å². The van der Waals surface area contributed by atoms with E-state index in [4.69, 9.17) is 9.15 Å². The van der Waals surface area contributed by atoms with Crippen LogP contribution in [0.3, 0.4) is 0 Å². The van der Waals surface area contributed by atoms with Gasteiger partial charge in [0.05, 0.1) is 7.11 Å². The summed E-state index contributed by atoms with van der Waals surface area (Å²) < 4.78 is 46.4. The molecule has 0 bridgehead atoms. The zero-order chi connectivity index (χ0) is 17.9. The van der Waals surface area contributed by atoms with E-state index in [0.717, 1.165) is 0 Å². The molecule has 0 radical (unpaired) electrons. The molecule has 0 saturated carbocycles. The van der Waals surface area contributed by atoms with Crippen molar-refractivity contribution in [3.63, 3.8) is 0 Å². The molecule has 130 valence electrons.